The Morgan fingerprint density at radius 1 is 1.43 bits per heavy atom. The highest BCUT2D eigenvalue weighted by molar-refractivity contribution is 5.04. The lowest BCUT2D eigenvalue weighted by Crippen LogP contribution is -2.52. The van der Waals surface area contributed by atoms with Crippen molar-refractivity contribution in [2.75, 3.05) is 6.61 Å². The van der Waals surface area contributed by atoms with E-state index in [4.69, 9.17) is 0 Å². The van der Waals surface area contributed by atoms with Gasteiger partial charge in [-0.1, -0.05) is 20.3 Å². The van der Waals surface area contributed by atoms with E-state index in [9.17, 15) is 5.11 Å². The van der Waals surface area contributed by atoms with Crippen molar-refractivity contribution in [2.45, 2.75) is 76.4 Å². The minimum Gasteiger partial charge on any atom is -0.394 e. The van der Waals surface area contributed by atoms with Crippen LogP contribution in [0.3, 0.4) is 0 Å². The van der Waals surface area contributed by atoms with Crippen molar-refractivity contribution < 1.29 is 5.11 Å². The molecule has 118 valence electrons. The molecule has 0 saturated heterocycles. The minimum atomic E-state index is -0.0141. The molecule has 0 bridgehead atoms. The maximum absolute atomic E-state index is 9.98. The van der Waals surface area contributed by atoms with Crippen LogP contribution in [-0.2, 0) is 6.54 Å². The Kier molecular flexibility index (Phi) is 4.36. The van der Waals surface area contributed by atoms with Gasteiger partial charge in [-0.15, -0.1) is 0 Å². The smallest absolute Gasteiger partial charge is 0.111 e. The predicted molar refractivity (Wildman–Crippen MR) is 84.2 cm³/mol. The molecule has 0 radical (unpaired) electrons. The molecular weight excluding hydrogens is 262 g/mol. The maximum atomic E-state index is 9.98. The van der Waals surface area contributed by atoms with E-state index in [1.54, 1.807) is 0 Å². The monoisotopic (exact) mass is 291 g/mol. The van der Waals surface area contributed by atoms with Gasteiger partial charge in [0.2, 0.25) is 0 Å². The fourth-order valence-corrected chi connectivity index (χ4v) is 3.95. The lowest BCUT2D eigenvalue weighted by molar-refractivity contribution is 0.115. The van der Waals surface area contributed by atoms with Gasteiger partial charge >= 0.3 is 0 Å². The summed E-state index contributed by atoms with van der Waals surface area (Å²) in [5, 5.41) is 13.7. The predicted octanol–water partition coefficient (Wildman–Crippen LogP) is 2.68. The van der Waals surface area contributed by atoms with Gasteiger partial charge in [0.15, 0.2) is 0 Å². The molecule has 0 aromatic carbocycles. The molecule has 1 aromatic heterocycles. The average Bonchev–Trinajstić information content (AvgIpc) is 3.01. The van der Waals surface area contributed by atoms with Gasteiger partial charge in [-0.3, -0.25) is 0 Å². The molecule has 2 fully saturated rings. The van der Waals surface area contributed by atoms with Crippen molar-refractivity contribution in [1.82, 2.24) is 14.9 Å². The van der Waals surface area contributed by atoms with E-state index in [-0.39, 0.29) is 12.1 Å². The highest BCUT2D eigenvalue weighted by atomic mass is 16.3. The minimum absolute atomic E-state index is 0.0141. The lowest BCUT2D eigenvalue weighted by atomic mass is 9.85. The van der Waals surface area contributed by atoms with E-state index in [0.29, 0.717) is 17.9 Å². The van der Waals surface area contributed by atoms with Gasteiger partial charge in [-0.25, -0.2) is 4.98 Å². The van der Waals surface area contributed by atoms with E-state index in [2.05, 4.69) is 34.9 Å². The Hall–Kier alpha value is -0.870. The van der Waals surface area contributed by atoms with Gasteiger partial charge in [-0.2, -0.15) is 0 Å². The summed E-state index contributed by atoms with van der Waals surface area (Å²) in [5.74, 6) is 2.24. The summed E-state index contributed by atoms with van der Waals surface area (Å²) in [4.78, 5) is 4.47. The molecule has 2 N–H and O–H groups in total. The molecular formula is C17H29N3O. The average molecular weight is 291 g/mol. The molecule has 2 atom stereocenters. The van der Waals surface area contributed by atoms with Crippen LogP contribution in [0.25, 0.3) is 0 Å². The van der Waals surface area contributed by atoms with Gasteiger partial charge < -0.3 is 15.0 Å². The Bertz CT molecular complexity index is 466. The molecule has 0 spiro atoms. The fraction of sp³-hybridized carbons (Fsp3) is 0.824. The van der Waals surface area contributed by atoms with E-state index in [1.807, 2.05) is 6.20 Å². The standard InChI is InChI=1S/C17H29N3O/c1-13(2)16-18-9-11-20(16)10-7-14-4-3-8-17(14,12-21)19-15-5-6-15/h9,11,13-15,19,21H,3-8,10,12H2,1-2H3. The second-order valence-electron chi connectivity index (χ2n) is 7.24. The SMILES string of the molecule is CC(C)c1nccn1CCC1CCCC1(CO)NC1CC1. The number of hydrogen-bond acceptors (Lipinski definition) is 3. The zero-order valence-electron chi connectivity index (χ0n) is 13.4. The summed E-state index contributed by atoms with van der Waals surface area (Å²) in [6, 6.07) is 0.664. The first-order valence-electron chi connectivity index (χ1n) is 8.54. The summed E-state index contributed by atoms with van der Waals surface area (Å²) in [5.41, 5.74) is -0.0141. The largest absolute Gasteiger partial charge is 0.394 e. The van der Waals surface area contributed by atoms with Crippen molar-refractivity contribution in [3.8, 4) is 0 Å². The highest BCUT2D eigenvalue weighted by Gasteiger charge is 2.44. The van der Waals surface area contributed by atoms with Crippen LogP contribution in [0.5, 0.6) is 0 Å². The summed E-state index contributed by atoms with van der Waals surface area (Å²) < 4.78 is 2.29. The zero-order chi connectivity index (χ0) is 14.9. The summed E-state index contributed by atoms with van der Waals surface area (Å²) in [6.07, 6.45) is 11.3. The molecule has 1 aromatic rings. The van der Waals surface area contributed by atoms with Crippen LogP contribution in [0.2, 0.25) is 0 Å². The first-order valence-corrected chi connectivity index (χ1v) is 8.54. The van der Waals surface area contributed by atoms with Crippen LogP contribution in [-0.4, -0.2) is 32.8 Å². The fourth-order valence-electron chi connectivity index (χ4n) is 3.95. The van der Waals surface area contributed by atoms with Crippen molar-refractivity contribution in [3.05, 3.63) is 18.2 Å². The molecule has 1 heterocycles. The number of nitrogens with zero attached hydrogens (tertiary/aromatic N) is 2. The lowest BCUT2D eigenvalue weighted by Gasteiger charge is -2.35. The first-order chi connectivity index (χ1) is 10.1. The van der Waals surface area contributed by atoms with E-state index in [1.165, 1.54) is 31.5 Å². The first kappa shape index (κ1) is 15.0. The molecule has 2 saturated carbocycles. The van der Waals surface area contributed by atoms with Crippen molar-refractivity contribution >= 4 is 0 Å². The third kappa shape index (κ3) is 3.16. The van der Waals surface area contributed by atoms with Gasteiger partial charge in [-0.05, 0) is 38.0 Å². The van der Waals surface area contributed by atoms with Gasteiger partial charge in [0.25, 0.3) is 0 Å². The number of nitrogens with one attached hydrogen (secondary N) is 1. The molecule has 2 unspecified atom stereocenters. The maximum Gasteiger partial charge on any atom is 0.111 e. The van der Waals surface area contributed by atoms with Gasteiger partial charge in [0.05, 0.1) is 6.61 Å². The molecule has 0 aliphatic heterocycles. The third-order valence-corrected chi connectivity index (χ3v) is 5.29. The number of imidazole rings is 1. The number of aliphatic hydroxyl groups excluding tert-OH is 1. The molecule has 0 amide bonds. The van der Waals surface area contributed by atoms with Crippen molar-refractivity contribution in [3.63, 3.8) is 0 Å². The Labute approximate surface area is 128 Å². The normalized spacial score (nSPS) is 29.4. The van der Waals surface area contributed by atoms with Crippen LogP contribution in [0.15, 0.2) is 12.4 Å². The van der Waals surface area contributed by atoms with Gasteiger partial charge in [0, 0.05) is 36.4 Å². The zero-order valence-corrected chi connectivity index (χ0v) is 13.4. The Morgan fingerprint density at radius 3 is 2.90 bits per heavy atom. The van der Waals surface area contributed by atoms with Gasteiger partial charge in [0.1, 0.15) is 5.82 Å². The number of aromatic nitrogens is 2. The molecule has 2 aliphatic rings. The number of hydrogen-bond donors (Lipinski definition) is 2. The number of rotatable bonds is 7. The molecule has 4 nitrogen and oxygen atoms in total. The van der Waals surface area contributed by atoms with Crippen LogP contribution in [0, 0.1) is 5.92 Å². The number of aryl methyl sites for hydroxylation is 1. The van der Waals surface area contributed by atoms with Crippen LogP contribution in [0.4, 0.5) is 0 Å². The van der Waals surface area contributed by atoms with Crippen molar-refractivity contribution in [1.29, 1.82) is 0 Å². The topological polar surface area (TPSA) is 50.1 Å². The quantitative estimate of drug-likeness (QED) is 0.812. The van der Waals surface area contributed by atoms with Crippen molar-refractivity contribution in [2.24, 2.45) is 5.92 Å². The number of aliphatic hydroxyl groups is 1. The third-order valence-electron chi connectivity index (χ3n) is 5.29. The highest BCUT2D eigenvalue weighted by Crippen LogP contribution is 2.40. The summed E-state index contributed by atoms with van der Waals surface area (Å²) >= 11 is 0. The molecule has 21 heavy (non-hydrogen) atoms. The van der Waals surface area contributed by atoms with Crippen LogP contribution < -0.4 is 5.32 Å². The molecule has 4 heteroatoms. The van der Waals surface area contributed by atoms with Crippen LogP contribution >= 0.6 is 0 Å². The van der Waals surface area contributed by atoms with E-state index >= 15 is 0 Å². The Balaban J connectivity index is 1.64. The second-order valence-corrected chi connectivity index (χ2v) is 7.24. The molecule has 3 rings (SSSR count). The molecule has 2 aliphatic carbocycles. The van der Waals surface area contributed by atoms with E-state index < -0.39 is 0 Å². The second kappa shape index (κ2) is 6.09. The van der Waals surface area contributed by atoms with E-state index in [0.717, 1.165) is 19.4 Å². The van der Waals surface area contributed by atoms with Crippen LogP contribution in [0.1, 0.15) is 64.1 Å². The summed E-state index contributed by atoms with van der Waals surface area (Å²) in [6.45, 7) is 5.70. The summed E-state index contributed by atoms with van der Waals surface area (Å²) in [7, 11) is 0. The Morgan fingerprint density at radius 2 is 2.24 bits per heavy atom.